The summed E-state index contributed by atoms with van der Waals surface area (Å²) in [4.78, 5) is 11.1. The van der Waals surface area contributed by atoms with E-state index in [-0.39, 0.29) is 23.7 Å². The van der Waals surface area contributed by atoms with Gasteiger partial charge in [0, 0.05) is 23.3 Å². The van der Waals surface area contributed by atoms with Gasteiger partial charge in [-0.05, 0) is 56.7 Å². The van der Waals surface area contributed by atoms with E-state index in [9.17, 15) is 18.0 Å². The first-order valence-electron chi connectivity index (χ1n) is 8.53. The number of anilines is 1. The van der Waals surface area contributed by atoms with Gasteiger partial charge in [-0.1, -0.05) is 0 Å². The first-order chi connectivity index (χ1) is 12.2. The predicted octanol–water partition coefficient (Wildman–Crippen LogP) is 3.37. The topological polar surface area (TPSA) is 96.9 Å². The zero-order valence-electron chi connectivity index (χ0n) is 14.3. The number of nitrogens with two attached hydrogens (primary N) is 1. The molecule has 1 saturated carbocycles. The van der Waals surface area contributed by atoms with Gasteiger partial charge in [-0.2, -0.15) is 13.2 Å². The number of nitrogens with one attached hydrogen (secondary N) is 2. The van der Waals surface area contributed by atoms with E-state index in [0.29, 0.717) is 11.5 Å². The van der Waals surface area contributed by atoms with Crippen molar-refractivity contribution in [2.75, 3.05) is 5.32 Å². The molecule has 3 rings (SSSR count). The minimum atomic E-state index is -4.49. The Bertz CT molecular complexity index is 805. The van der Waals surface area contributed by atoms with Gasteiger partial charge in [0.2, 0.25) is 5.89 Å². The van der Waals surface area contributed by atoms with E-state index in [0.717, 1.165) is 31.7 Å². The van der Waals surface area contributed by atoms with Crippen LogP contribution >= 0.6 is 0 Å². The first kappa shape index (κ1) is 18.5. The summed E-state index contributed by atoms with van der Waals surface area (Å²) in [5, 5.41) is 8.78. The van der Waals surface area contributed by atoms with Crippen molar-refractivity contribution in [1.29, 1.82) is 0 Å². The normalized spacial score (nSPS) is 22.2. The van der Waals surface area contributed by atoms with E-state index >= 15 is 0 Å². The van der Waals surface area contributed by atoms with Crippen LogP contribution in [0.15, 0.2) is 27.4 Å². The van der Waals surface area contributed by atoms with Crippen molar-refractivity contribution >= 4 is 5.69 Å². The Labute approximate surface area is 148 Å². The van der Waals surface area contributed by atoms with E-state index in [4.69, 9.17) is 10.2 Å². The van der Waals surface area contributed by atoms with Crippen molar-refractivity contribution in [1.82, 2.24) is 10.2 Å². The van der Waals surface area contributed by atoms with Gasteiger partial charge in [0.25, 0.3) is 0 Å². The zero-order chi connectivity index (χ0) is 18.9. The lowest BCUT2D eigenvalue weighted by Gasteiger charge is -2.32. The van der Waals surface area contributed by atoms with Gasteiger partial charge in [0.1, 0.15) is 0 Å². The van der Waals surface area contributed by atoms with Crippen molar-refractivity contribution in [3.8, 4) is 11.5 Å². The standard InChI is InChI=1S/C17H21F3N4O2/c1-9(21)10-2-5-12(6-3-10)22-14-8-11(15-23-24-16(25)26-15)4-7-13(14)17(18,19)20/h4,7-10,12,22H,2-3,5-6,21H2,1H3,(H,24,25). The fourth-order valence-corrected chi connectivity index (χ4v) is 3.41. The fraction of sp³-hybridized carbons (Fsp3) is 0.529. The Morgan fingerprint density at radius 1 is 1.31 bits per heavy atom. The smallest absolute Gasteiger partial charge is 0.388 e. The van der Waals surface area contributed by atoms with Gasteiger partial charge in [-0.3, -0.25) is 0 Å². The van der Waals surface area contributed by atoms with Gasteiger partial charge < -0.3 is 15.5 Å². The Morgan fingerprint density at radius 3 is 2.54 bits per heavy atom. The molecule has 26 heavy (non-hydrogen) atoms. The van der Waals surface area contributed by atoms with Crippen LogP contribution in [0.1, 0.15) is 38.2 Å². The lowest BCUT2D eigenvalue weighted by atomic mass is 9.82. The highest BCUT2D eigenvalue weighted by atomic mass is 19.4. The number of aromatic amines is 1. The summed E-state index contributed by atoms with van der Waals surface area (Å²) in [6.45, 7) is 1.96. The summed E-state index contributed by atoms with van der Waals surface area (Å²) >= 11 is 0. The van der Waals surface area contributed by atoms with Crippen LogP contribution < -0.4 is 16.8 Å². The molecule has 1 aliphatic rings. The van der Waals surface area contributed by atoms with Crippen molar-refractivity contribution in [2.45, 2.75) is 50.9 Å². The maximum Gasteiger partial charge on any atom is 0.434 e. The number of hydrogen-bond acceptors (Lipinski definition) is 5. The number of H-pyrrole nitrogens is 1. The second-order valence-corrected chi connectivity index (χ2v) is 6.79. The Hall–Kier alpha value is -2.29. The molecule has 142 valence electrons. The number of aromatic nitrogens is 2. The number of halogens is 3. The third-order valence-corrected chi connectivity index (χ3v) is 4.89. The fourth-order valence-electron chi connectivity index (χ4n) is 3.41. The Morgan fingerprint density at radius 2 is 2.00 bits per heavy atom. The van der Waals surface area contributed by atoms with Crippen molar-refractivity contribution in [2.24, 2.45) is 11.7 Å². The van der Waals surface area contributed by atoms with Crippen LogP contribution in [-0.4, -0.2) is 22.3 Å². The molecule has 1 aromatic carbocycles. The molecule has 0 radical (unpaired) electrons. The SMILES string of the molecule is CC(N)C1CCC(Nc2cc(-c3n[nH]c(=O)o3)ccc2C(F)(F)F)CC1. The highest BCUT2D eigenvalue weighted by Crippen LogP contribution is 2.38. The highest BCUT2D eigenvalue weighted by molar-refractivity contribution is 5.65. The summed E-state index contributed by atoms with van der Waals surface area (Å²) in [5.74, 6) is -0.407. The second kappa shape index (κ2) is 7.14. The molecule has 1 fully saturated rings. The van der Waals surface area contributed by atoms with E-state index in [2.05, 4.69) is 15.5 Å². The van der Waals surface area contributed by atoms with E-state index in [1.165, 1.54) is 12.1 Å². The summed E-state index contributed by atoms with van der Waals surface area (Å²) < 4.78 is 44.9. The maximum atomic E-state index is 13.4. The molecule has 0 amide bonds. The van der Waals surface area contributed by atoms with Crippen molar-refractivity contribution < 1.29 is 17.6 Å². The molecule has 0 aliphatic heterocycles. The molecule has 1 aliphatic carbocycles. The summed E-state index contributed by atoms with van der Waals surface area (Å²) in [6.07, 6.45) is -1.22. The molecule has 2 aromatic rings. The molecule has 6 nitrogen and oxygen atoms in total. The number of rotatable bonds is 4. The largest absolute Gasteiger partial charge is 0.434 e. The van der Waals surface area contributed by atoms with E-state index in [1.807, 2.05) is 6.92 Å². The molecule has 1 atom stereocenters. The Balaban J connectivity index is 1.85. The van der Waals surface area contributed by atoms with Crippen LogP contribution in [0, 0.1) is 5.92 Å². The van der Waals surface area contributed by atoms with Gasteiger partial charge in [0.05, 0.1) is 5.56 Å². The molecule has 1 aromatic heterocycles. The van der Waals surface area contributed by atoms with Crippen molar-refractivity contribution in [3.05, 3.63) is 34.3 Å². The lowest BCUT2D eigenvalue weighted by Crippen LogP contribution is -2.34. The maximum absolute atomic E-state index is 13.4. The third kappa shape index (κ3) is 4.09. The average molecular weight is 370 g/mol. The van der Waals surface area contributed by atoms with Crippen LogP contribution in [0.5, 0.6) is 0 Å². The number of alkyl halides is 3. The molecule has 1 unspecified atom stereocenters. The zero-order valence-corrected chi connectivity index (χ0v) is 14.3. The monoisotopic (exact) mass is 370 g/mol. The third-order valence-electron chi connectivity index (χ3n) is 4.89. The van der Waals surface area contributed by atoms with Crippen LogP contribution in [0.2, 0.25) is 0 Å². The molecule has 1 heterocycles. The summed E-state index contributed by atoms with van der Waals surface area (Å²) in [6, 6.07) is 3.56. The van der Waals surface area contributed by atoms with Gasteiger partial charge in [-0.25, -0.2) is 9.89 Å². The minimum absolute atomic E-state index is 0.0371. The minimum Gasteiger partial charge on any atom is -0.388 e. The quantitative estimate of drug-likeness (QED) is 0.767. The highest BCUT2D eigenvalue weighted by Gasteiger charge is 2.35. The molecular weight excluding hydrogens is 349 g/mol. The van der Waals surface area contributed by atoms with Crippen LogP contribution in [0.4, 0.5) is 18.9 Å². The van der Waals surface area contributed by atoms with Gasteiger partial charge in [0.15, 0.2) is 0 Å². The Kier molecular flexibility index (Phi) is 5.08. The molecule has 4 N–H and O–H groups in total. The molecule has 0 saturated heterocycles. The van der Waals surface area contributed by atoms with Gasteiger partial charge in [-0.15, -0.1) is 5.10 Å². The lowest BCUT2D eigenvalue weighted by molar-refractivity contribution is -0.137. The first-order valence-corrected chi connectivity index (χ1v) is 8.53. The van der Waals surface area contributed by atoms with Crippen LogP contribution in [-0.2, 0) is 6.18 Å². The van der Waals surface area contributed by atoms with Crippen molar-refractivity contribution in [3.63, 3.8) is 0 Å². The van der Waals surface area contributed by atoms with E-state index in [1.54, 1.807) is 0 Å². The molecule has 0 spiro atoms. The predicted molar refractivity (Wildman–Crippen MR) is 90.6 cm³/mol. The molecule has 9 heteroatoms. The van der Waals surface area contributed by atoms with Crippen LogP contribution in [0.25, 0.3) is 11.5 Å². The number of benzene rings is 1. The van der Waals surface area contributed by atoms with Gasteiger partial charge >= 0.3 is 11.9 Å². The number of hydrogen-bond donors (Lipinski definition) is 3. The van der Waals surface area contributed by atoms with Crippen LogP contribution in [0.3, 0.4) is 0 Å². The molecular formula is C17H21F3N4O2. The summed E-state index contributed by atoms with van der Waals surface area (Å²) in [7, 11) is 0. The average Bonchev–Trinajstić information content (AvgIpc) is 3.01. The summed E-state index contributed by atoms with van der Waals surface area (Å²) in [5.41, 5.74) is 5.42. The van der Waals surface area contributed by atoms with E-state index < -0.39 is 17.5 Å². The molecule has 0 bridgehead atoms. The number of nitrogens with zero attached hydrogens (tertiary/aromatic N) is 1. The second-order valence-electron chi connectivity index (χ2n) is 6.79.